The molecule has 1 saturated heterocycles. The molecule has 1 saturated carbocycles. The van der Waals surface area contributed by atoms with E-state index < -0.39 is 0 Å². The molecule has 2 aromatic rings. The highest BCUT2D eigenvalue weighted by Crippen LogP contribution is 2.44. The lowest BCUT2D eigenvalue weighted by molar-refractivity contribution is -0.136. The molecule has 25 heavy (non-hydrogen) atoms. The van der Waals surface area contributed by atoms with Crippen molar-refractivity contribution in [3.05, 3.63) is 71.8 Å². The molecule has 1 aliphatic heterocycles. The molecule has 3 heteroatoms. The second-order valence-corrected chi connectivity index (χ2v) is 7.42. The van der Waals surface area contributed by atoms with Crippen molar-refractivity contribution in [1.82, 2.24) is 9.80 Å². The average Bonchev–Trinajstić information content (AvgIpc) is 3.49. The Morgan fingerprint density at radius 3 is 2.24 bits per heavy atom. The van der Waals surface area contributed by atoms with Crippen LogP contribution in [-0.2, 0) is 4.79 Å². The van der Waals surface area contributed by atoms with Crippen LogP contribution in [0.5, 0.6) is 0 Å². The quantitative estimate of drug-likeness (QED) is 0.851. The fraction of sp³-hybridized carbons (Fsp3) is 0.409. The standard InChI is InChI=1S/C22H26N2O/c1-23-14-15-24(16-20(23)17-8-4-2-5-9-17)22(25)21(19-12-13-19)18-10-6-3-7-11-18/h2-11,19-21H,12-16H2,1H3. The Morgan fingerprint density at radius 2 is 1.60 bits per heavy atom. The summed E-state index contributed by atoms with van der Waals surface area (Å²) in [6.07, 6.45) is 2.36. The van der Waals surface area contributed by atoms with Gasteiger partial charge in [-0.25, -0.2) is 0 Å². The van der Waals surface area contributed by atoms with E-state index in [2.05, 4.69) is 65.4 Å². The summed E-state index contributed by atoms with van der Waals surface area (Å²) in [4.78, 5) is 17.8. The minimum absolute atomic E-state index is 0.0426. The molecule has 0 bridgehead atoms. The number of hydrogen-bond donors (Lipinski definition) is 0. The van der Waals surface area contributed by atoms with E-state index in [9.17, 15) is 4.79 Å². The van der Waals surface area contributed by atoms with Gasteiger partial charge in [0.1, 0.15) is 0 Å². The van der Waals surface area contributed by atoms with Crippen molar-refractivity contribution in [2.75, 3.05) is 26.7 Å². The molecule has 3 nitrogen and oxygen atoms in total. The molecule has 4 rings (SSSR count). The van der Waals surface area contributed by atoms with Crippen LogP contribution >= 0.6 is 0 Å². The normalized spacial score (nSPS) is 22.6. The SMILES string of the molecule is CN1CCN(C(=O)C(c2ccccc2)C2CC2)CC1c1ccccc1. The lowest BCUT2D eigenvalue weighted by atomic mass is 9.91. The van der Waals surface area contributed by atoms with Crippen molar-refractivity contribution in [1.29, 1.82) is 0 Å². The first kappa shape index (κ1) is 16.3. The molecular formula is C22H26N2O. The maximum absolute atomic E-state index is 13.4. The van der Waals surface area contributed by atoms with Crippen LogP contribution in [0.25, 0.3) is 0 Å². The van der Waals surface area contributed by atoms with Gasteiger partial charge < -0.3 is 4.90 Å². The largest absolute Gasteiger partial charge is 0.339 e. The van der Waals surface area contributed by atoms with Crippen LogP contribution in [0, 0.1) is 5.92 Å². The molecule has 2 fully saturated rings. The number of benzene rings is 2. The molecule has 2 atom stereocenters. The fourth-order valence-corrected chi connectivity index (χ4v) is 4.01. The van der Waals surface area contributed by atoms with Gasteiger partial charge in [-0.1, -0.05) is 60.7 Å². The zero-order valence-electron chi connectivity index (χ0n) is 14.8. The van der Waals surface area contributed by atoms with Crippen LogP contribution in [0.4, 0.5) is 0 Å². The number of piperazine rings is 1. The van der Waals surface area contributed by atoms with Crippen molar-refractivity contribution >= 4 is 5.91 Å². The number of carbonyl (C=O) groups excluding carboxylic acids is 1. The van der Waals surface area contributed by atoms with E-state index in [1.165, 1.54) is 24.0 Å². The van der Waals surface area contributed by atoms with Crippen LogP contribution < -0.4 is 0 Å². The number of carbonyl (C=O) groups is 1. The van der Waals surface area contributed by atoms with Crippen molar-refractivity contribution in [3.63, 3.8) is 0 Å². The van der Waals surface area contributed by atoms with E-state index in [0.717, 1.165) is 19.6 Å². The molecule has 2 aliphatic rings. The van der Waals surface area contributed by atoms with Gasteiger partial charge in [0.25, 0.3) is 0 Å². The number of hydrogen-bond acceptors (Lipinski definition) is 2. The van der Waals surface area contributed by atoms with Gasteiger partial charge >= 0.3 is 0 Å². The summed E-state index contributed by atoms with van der Waals surface area (Å²) in [5.41, 5.74) is 2.48. The van der Waals surface area contributed by atoms with Gasteiger partial charge in [0.2, 0.25) is 5.91 Å². The maximum Gasteiger partial charge on any atom is 0.230 e. The van der Waals surface area contributed by atoms with Gasteiger partial charge in [-0.2, -0.15) is 0 Å². The summed E-state index contributed by atoms with van der Waals surface area (Å²) >= 11 is 0. The van der Waals surface area contributed by atoms with E-state index in [0.29, 0.717) is 11.8 Å². The molecule has 1 amide bonds. The predicted octanol–water partition coefficient (Wildman–Crippen LogP) is 3.70. The summed E-state index contributed by atoms with van der Waals surface area (Å²) in [7, 11) is 2.16. The zero-order chi connectivity index (χ0) is 17.2. The molecule has 2 unspecified atom stereocenters. The molecule has 1 heterocycles. The zero-order valence-corrected chi connectivity index (χ0v) is 14.8. The highest BCUT2D eigenvalue weighted by Gasteiger charge is 2.40. The fourth-order valence-electron chi connectivity index (χ4n) is 4.01. The van der Waals surface area contributed by atoms with E-state index >= 15 is 0 Å². The molecule has 0 aromatic heterocycles. The van der Waals surface area contributed by atoms with Gasteiger partial charge in [-0.15, -0.1) is 0 Å². The smallest absolute Gasteiger partial charge is 0.230 e. The maximum atomic E-state index is 13.4. The highest BCUT2D eigenvalue weighted by atomic mass is 16.2. The molecule has 2 aromatic carbocycles. The first-order chi connectivity index (χ1) is 12.2. The lowest BCUT2D eigenvalue weighted by Gasteiger charge is -2.41. The van der Waals surface area contributed by atoms with Gasteiger partial charge in [0, 0.05) is 19.6 Å². The Labute approximate surface area is 150 Å². The molecule has 0 spiro atoms. The van der Waals surface area contributed by atoms with Crippen LogP contribution in [0.15, 0.2) is 60.7 Å². The third-order valence-corrected chi connectivity index (χ3v) is 5.66. The summed E-state index contributed by atoms with van der Waals surface area (Å²) in [6.45, 7) is 2.54. The summed E-state index contributed by atoms with van der Waals surface area (Å²) in [6, 6.07) is 21.2. The van der Waals surface area contributed by atoms with E-state index in [4.69, 9.17) is 0 Å². The van der Waals surface area contributed by atoms with E-state index in [1.54, 1.807) is 0 Å². The van der Waals surface area contributed by atoms with Gasteiger partial charge in [0.05, 0.1) is 12.0 Å². The van der Waals surface area contributed by atoms with Gasteiger partial charge in [-0.3, -0.25) is 9.69 Å². The first-order valence-corrected chi connectivity index (χ1v) is 9.33. The summed E-state index contributed by atoms with van der Waals surface area (Å²) in [5, 5.41) is 0. The summed E-state index contributed by atoms with van der Waals surface area (Å²) in [5.74, 6) is 0.897. The number of amides is 1. The van der Waals surface area contributed by atoms with Crippen molar-refractivity contribution in [2.24, 2.45) is 5.92 Å². The Morgan fingerprint density at radius 1 is 0.960 bits per heavy atom. The molecule has 130 valence electrons. The van der Waals surface area contributed by atoms with Crippen LogP contribution in [0.3, 0.4) is 0 Å². The highest BCUT2D eigenvalue weighted by molar-refractivity contribution is 5.84. The second-order valence-electron chi connectivity index (χ2n) is 7.42. The monoisotopic (exact) mass is 334 g/mol. The van der Waals surface area contributed by atoms with E-state index in [-0.39, 0.29) is 12.0 Å². The second kappa shape index (κ2) is 7.01. The molecule has 0 radical (unpaired) electrons. The Bertz CT molecular complexity index is 711. The Hall–Kier alpha value is -2.13. The molecular weight excluding hydrogens is 308 g/mol. The molecule has 0 N–H and O–H groups in total. The van der Waals surface area contributed by atoms with Gasteiger partial charge in [-0.05, 0) is 36.9 Å². The number of rotatable bonds is 4. The topological polar surface area (TPSA) is 23.6 Å². The first-order valence-electron chi connectivity index (χ1n) is 9.33. The van der Waals surface area contributed by atoms with Crippen LogP contribution in [0.1, 0.15) is 35.9 Å². The third kappa shape index (κ3) is 3.47. The van der Waals surface area contributed by atoms with Crippen molar-refractivity contribution in [3.8, 4) is 0 Å². The Kier molecular flexibility index (Phi) is 4.58. The summed E-state index contributed by atoms with van der Waals surface area (Å²) < 4.78 is 0. The van der Waals surface area contributed by atoms with Crippen molar-refractivity contribution in [2.45, 2.75) is 24.8 Å². The number of likely N-dealkylation sites (N-methyl/N-ethyl adjacent to an activating group) is 1. The lowest BCUT2D eigenvalue weighted by Crippen LogP contribution is -2.50. The minimum Gasteiger partial charge on any atom is -0.339 e. The number of nitrogens with zero attached hydrogens (tertiary/aromatic N) is 2. The van der Waals surface area contributed by atoms with Gasteiger partial charge in [0.15, 0.2) is 0 Å². The van der Waals surface area contributed by atoms with Crippen LogP contribution in [0.2, 0.25) is 0 Å². The minimum atomic E-state index is 0.0426. The Balaban J connectivity index is 1.55. The van der Waals surface area contributed by atoms with E-state index in [1.807, 2.05) is 12.1 Å². The predicted molar refractivity (Wildman–Crippen MR) is 100 cm³/mol. The van der Waals surface area contributed by atoms with Crippen molar-refractivity contribution < 1.29 is 4.79 Å². The third-order valence-electron chi connectivity index (χ3n) is 5.66. The average molecular weight is 334 g/mol. The van der Waals surface area contributed by atoms with Crippen LogP contribution in [-0.4, -0.2) is 42.4 Å². The molecule has 1 aliphatic carbocycles.